The molecular weight excluding hydrogens is 311 g/mol. The molecule has 1 N–H and O–H groups in total. The van der Waals surface area contributed by atoms with Crippen LogP contribution >= 0.6 is 24.8 Å². The first-order chi connectivity index (χ1) is 9.28. The van der Waals surface area contributed by atoms with Gasteiger partial charge in [0, 0.05) is 32.2 Å². The number of nitrogens with zero attached hydrogens (tertiary/aromatic N) is 1. The van der Waals surface area contributed by atoms with Gasteiger partial charge in [-0.15, -0.1) is 31.4 Å². The van der Waals surface area contributed by atoms with Gasteiger partial charge in [0.05, 0.1) is 20.3 Å². The number of hydrogen-bond donors (Lipinski definition) is 1. The molecule has 0 radical (unpaired) electrons. The Kier molecular flexibility index (Phi) is 9.46. The molecule has 6 heteroatoms. The summed E-state index contributed by atoms with van der Waals surface area (Å²) in [4.78, 5) is 2.41. The van der Waals surface area contributed by atoms with Crippen molar-refractivity contribution < 1.29 is 9.47 Å². The Morgan fingerprint density at radius 2 is 1.62 bits per heavy atom. The Balaban J connectivity index is 0.00000200. The number of piperazine rings is 1. The third-order valence-corrected chi connectivity index (χ3v) is 3.48. The first kappa shape index (κ1) is 20.1. The van der Waals surface area contributed by atoms with Gasteiger partial charge in [0.25, 0.3) is 0 Å². The van der Waals surface area contributed by atoms with Crippen LogP contribution in [0.3, 0.4) is 0 Å². The predicted molar refractivity (Wildman–Crippen MR) is 91.4 cm³/mol. The van der Waals surface area contributed by atoms with Crippen LogP contribution in [0.1, 0.15) is 11.6 Å². The summed E-state index contributed by atoms with van der Waals surface area (Å²) in [5.41, 5.74) is 1.16. The second kappa shape index (κ2) is 9.90. The molecule has 1 aromatic rings. The normalized spacial score (nSPS) is 16.1. The van der Waals surface area contributed by atoms with Crippen molar-refractivity contribution in [1.29, 1.82) is 0 Å². The molecule has 1 heterocycles. The van der Waals surface area contributed by atoms with Crippen molar-refractivity contribution in [3.63, 3.8) is 0 Å². The van der Waals surface area contributed by atoms with Gasteiger partial charge in [0.2, 0.25) is 0 Å². The van der Waals surface area contributed by atoms with Crippen molar-refractivity contribution >= 4 is 24.8 Å². The summed E-state index contributed by atoms with van der Waals surface area (Å²) in [5.74, 6) is 1.63. The standard InChI is InChI=1S/C15H22N2O2.2ClH/c1-4-15(17-7-5-16-6-8-17)12-9-13(18-2)11-14(10-12)19-3;;/h4,9-11,15-16H,1,5-8H2,2-3H3;2*1H/t15-;;/m0../s1. The lowest BCUT2D eigenvalue weighted by Crippen LogP contribution is -2.44. The van der Waals surface area contributed by atoms with Gasteiger partial charge in [-0.3, -0.25) is 4.90 Å². The van der Waals surface area contributed by atoms with E-state index in [9.17, 15) is 0 Å². The molecule has 0 saturated carbocycles. The third kappa shape index (κ3) is 5.08. The zero-order valence-corrected chi connectivity index (χ0v) is 14.1. The Morgan fingerprint density at radius 3 is 2.05 bits per heavy atom. The summed E-state index contributed by atoms with van der Waals surface area (Å²) >= 11 is 0. The Morgan fingerprint density at radius 1 is 1.10 bits per heavy atom. The zero-order valence-electron chi connectivity index (χ0n) is 12.5. The zero-order chi connectivity index (χ0) is 13.7. The van der Waals surface area contributed by atoms with Crippen LogP contribution in [0.5, 0.6) is 11.5 Å². The minimum atomic E-state index is 0. The fourth-order valence-electron chi connectivity index (χ4n) is 2.46. The maximum absolute atomic E-state index is 5.33. The van der Waals surface area contributed by atoms with Crippen molar-refractivity contribution in [2.75, 3.05) is 40.4 Å². The van der Waals surface area contributed by atoms with Crippen LogP contribution in [0.2, 0.25) is 0 Å². The minimum absolute atomic E-state index is 0. The van der Waals surface area contributed by atoms with Gasteiger partial charge < -0.3 is 14.8 Å². The molecule has 1 saturated heterocycles. The third-order valence-electron chi connectivity index (χ3n) is 3.48. The molecule has 120 valence electrons. The second-order valence-corrected chi connectivity index (χ2v) is 4.61. The van der Waals surface area contributed by atoms with E-state index in [1.54, 1.807) is 14.2 Å². The van der Waals surface area contributed by atoms with E-state index >= 15 is 0 Å². The molecule has 0 bridgehead atoms. The van der Waals surface area contributed by atoms with Gasteiger partial charge in [-0.1, -0.05) is 6.08 Å². The number of halogens is 2. The van der Waals surface area contributed by atoms with Crippen molar-refractivity contribution in [2.24, 2.45) is 0 Å². The van der Waals surface area contributed by atoms with Crippen molar-refractivity contribution in [3.8, 4) is 11.5 Å². The van der Waals surface area contributed by atoms with Gasteiger partial charge in [-0.2, -0.15) is 0 Å². The molecule has 0 spiro atoms. The largest absolute Gasteiger partial charge is 0.497 e. The monoisotopic (exact) mass is 334 g/mol. The average Bonchev–Trinajstić information content (AvgIpc) is 2.48. The lowest BCUT2D eigenvalue weighted by molar-refractivity contribution is 0.203. The lowest BCUT2D eigenvalue weighted by atomic mass is 10.0. The second-order valence-electron chi connectivity index (χ2n) is 4.61. The molecule has 2 rings (SSSR count). The highest BCUT2D eigenvalue weighted by Crippen LogP contribution is 2.30. The summed E-state index contributed by atoms with van der Waals surface area (Å²) in [7, 11) is 3.35. The first-order valence-electron chi connectivity index (χ1n) is 6.58. The van der Waals surface area contributed by atoms with E-state index in [2.05, 4.69) is 28.9 Å². The molecule has 1 atom stereocenters. The van der Waals surface area contributed by atoms with Crippen molar-refractivity contribution in [2.45, 2.75) is 6.04 Å². The number of methoxy groups -OCH3 is 2. The summed E-state index contributed by atoms with van der Waals surface area (Å²) in [6.45, 7) is 8.07. The van der Waals surface area contributed by atoms with E-state index in [4.69, 9.17) is 9.47 Å². The van der Waals surface area contributed by atoms with Gasteiger partial charge in [0.1, 0.15) is 11.5 Å². The van der Waals surface area contributed by atoms with E-state index in [1.165, 1.54) is 0 Å². The summed E-state index contributed by atoms with van der Waals surface area (Å²) in [6, 6.07) is 6.20. The van der Waals surface area contributed by atoms with Crippen molar-refractivity contribution in [1.82, 2.24) is 10.2 Å². The summed E-state index contributed by atoms with van der Waals surface area (Å²) < 4.78 is 10.7. The van der Waals surface area contributed by atoms with Gasteiger partial charge >= 0.3 is 0 Å². The molecule has 0 aliphatic carbocycles. The number of benzene rings is 1. The molecule has 1 aromatic carbocycles. The molecular formula is C15H24Cl2N2O2. The van der Waals surface area contributed by atoms with E-state index in [0.717, 1.165) is 43.2 Å². The van der Waals surface area contributed by atoms with E-state index in [-0.39, 0.29) is 30.9 Å². The number of nitrogens with one attached hydrogen (secondary N) is 1. The topological polar surface area (TPSA) is 33.7 Å². The van der Waals surface area contributed by atoms with Gasteiger partial charge in [0.15, 0.2) is 0 Å². The fraction of sp³-hybridized carbons (Fsp3) is 0.467. The predicted octanol–water partition coefficient (Wildman–Crippen LogP) is 2.68. The summed E-state index contributed by atoms with van der Waals surface area (Å²) in [5, 5.41) is 3.36. The molecule has 0 aromatic heterocycles. The van der Waals surface area contributed by atoms with Gasteiger partial charge in [-0.25, -0.2) is 0 Å². The lowest BCUT2D eigenvalue weighted by Gasteiger charge is -2.33. The first-order valence-corrected chi connectivity index (χ1v) is 6.58. The molecule has 0 amide bonds. The molecule has 1 aliphatic heterocycles. The summed E-state index contributed by atoms with van der Waals surface area (Å²) in [6.07, 6.45) is 1.99. The van der Waals surface area contributed by atoms with E-state index in [1.807, 2.05) is 12.1 Å². The Hall–Kier alpha value is -0.940. The fourth-order valence-corrected chi connectivity index (χ4v) is 2.46. The van der Waals surface area contributed by atoms with Gasteiger partial charge in [-0.05, 0) is 17.7 Å². The quantitative estimate of drug-likeness (QED) is 0.839. The van der Waals surface area contributed by atoms with Crippen LogP contribution < -0.4 is 14.8 Å². The van der Waals surface area contributed by atoms with Crippen LogP contribution in [0.25, 0.3) is 0 Å². The Bertz CT molecular complexity index is 415. The number of rotatable bonds is 5. The van der Waals surface area contributed by atoms with Crippen LogP contribution in [0.15, 0.2) is 30.9 Å². The smallest absolute Gasteiger partial charge is 0.122 e. The maximum atomic E-state index is 5.33. The van der Waals surface area contributed by atoms with Crippen molar-refractivity contribution in [3.05, 3.63) is 36.4 Å². The molecule has 21 heavy (non-hydrogen) atoms. The van der Waals surface area contributed by atoms with Crippen LogP contribution in [-0.4, -0.2) is 45.3 Å². The highest BCUT2D eigenvalue weighted by atomic mass is 35.5. The number of ether oxygens (including phenoxy) is 2. The molecule has 1 fully saturated rings. The Labute approximate surface area is 139 Å². The van der Waals surface area contributed by atoms with Crippen LogP contribution in [0.4, 0.5) is 0 Å². The van der Waals surface area contributed by atoms with Crippen LogP contribution in [0, 0.1) is 0 Å². The van der Waals surface area contributed by atoms with Crippen LogP contribution in [-0.2, 0) is 0 Å². The minimum Gasteiger partial charge on any atom is -0.497 e. The highest BCUT2D eigenvalue weighted by Gasteiger charge is 2.20. The average molecular weight is 335 g/mol. The molecule has 0 unspecified atom stereocenters. The highest BCUT2D eigenvalue weighted by molar-refractivity contribution is 5.85. The van der Waals surface area contributed by atoms with E-state index in [0.29, 0.717) is 0 Å². The molecule has 1 aliphatic rings. The van der Waals surface area contributed by atoms with E-state index < -0.39 is 0 Å². The number of hydrogen-bond acceptors (Lipinski definition) is 4. The SMILES string of the molecule is C=C[C@@H](c1cc(OC)cc(OC)c1)N1CCNCC1.Cl.Cl. The molecule has 4 nitrogen and oxygen atoms in total. The maximum Gasteiger partial charge on any atom is 0.122 e.